The molecule has 2 heterocycles. The number of pyridine rings is 1. The Labute approximate surface area is 377 Å². The number of fused-ring (bicyclic) bond motifs is 5. The van der Waals surface area contributed by atoms with Crippen LogP contribution >= 0.6 is 0 Å². The predicted molar refractivity (Wildman–Crippen MR) is 271 cm³/mol. The maximum absolute atomic E-state index is 9.76. The molecule has 10 aromatic carbocycles. The van der Waals surface area contributed by atoms with Crippen molar-refractivity contribution >= 4 is 43.4 Å². The molecule has 3 heteroatoms. The summed E-state index contributed by atoms with van der Waals surface area (Å²) in [4.78, 5) is 5.23. The molecule has 0 amide bonds. The Hall–Kier alpha value is -8.84. The highest BCUT2D eigenvalue weighted by Crippen LogP contribution is 2.41. The molecule has 302 valence electrons. The number of aromatic nitrogens is 2. The molecular weight excluding hydrogens is 787 g/mol. The first-order valence-electron chi connectivity index (χ1n) is 22.0. The second-order valence-corrected chi connectivity index (χ2v) is 16.7. The molecule has 3 nitrogen and oxygen atoms in total. The molecular formula is C62H39N3. The Morgan fingerprint density at radius 3 is 1.23 bits per heavy atom. The van der Waals surface area contributed by atoms with Crippen molar-refractivity contribution in [2.45, 2.75) is 0 Å². The topological polar surface area (TPSA) is 41.6 Å². The fraction of sp³-hybridized carbons (Fsp3) is 0. The molecule has 0 atom stereocenters. The lowest BCUT2D eigenvalue weighted by Crippen LogP contribution is -1.97. The zero-order chi connectivity index (χ0) is 43.3. The first-order valence-corrected chi connectivity index (χ1v) is 22.0. The van der Waals surface area contributed by atoms with Crippen LogP contribution in [0, 0.1) is 11.3 Å². The van der Waals surface area contributed by atoms with E-state index in [1.807, 2.05) is 24.3 Å². The molecule has 12 aromatic rings. The highest BCUT2D eigenvalue weighted by atomic mass is 15.0. The minimum Gasteiger partial charge on any atom is -0.309 e. The Balaban J connectivity index is 1.14. The maximum atomic E-state index is 9.76. The molecule has 0 aliphatic rings. The normalized spacial score (nSPS) is 11.4. The van der Waals surface area contributed by atoms with E-state index in [-0.39, 0.29) is 0 Å². The van der Waals surface area contributed by atoms with Gasteiger partial charge >= 0.3 is 0 Å². The first-order chi connectivity index (χ1) is 32.1. The molecule has 0 saturated carbocycles. The van der Waals surface area contributed by atoms with Crippen molar-refractivity contribution in [3.63, 3.8) is 0 Å². The number of rotatable bonds is 7. The molecule has 0 saturated heterocycles. The molecule has 0 fully saturated rings. The number of hydrogen-bond donors (Lipinski definition) is 0. The lowest BCUT2D eigenvalue weighted by molar-refractivity contribution is 1.18. The van der Waals surface area contributed by atoms with Crippen molar-refractivity contribution in [3.8, 4) is 78.8 Å². The van der Waals surface area contributed by atoms with Crippen molar-refractivity contribution in [1.29, 1.82) is 5.26 Å². The van der Waals surface area contributed by atoms with E-state index < -0.39 is 0 Å². The third-order valence-corrected chi connectivity index (χ3v) is 12.8. The fourth-order valence-corrected chi connectivity index (χ4v) is 9.42. The van der Waals surface area contributed by atoms with Gasteiger partial charge in [0.25, 0.3) is 0 Å². The molecule has 0 aliphatic carbocycles. The van der Waals surface area contributed by atoms with Crippen LogP contribution in [0.25, 0.3) is 116 Å². The summed E-state index contributed by atoms with van der Waals surface area (Å²) in [5.74, 6) is 0. The van der Waals surface area contributed by atoms with Gasteiger partial charge in [0.1, 0.15) is 0 Å². The summed E-state index contributed by atoms with van der Waals surface area (Å²) in [6, 6.07) is 86.8. The number of benzene rings is 10. The Morgan fingerprint density at radius 1 is 0.308 bits per heavy atom. The van der Waals surface area contributed by atoms with Crippen molar-refractivity contribution in [3.05, 3.63) is 242 Å². The average molecular weight is 826 g/mol. The molecule has 0 radical (unpaired) electrons. The summed E-state index contributed by atoms with van der Waals surface area (Å²) in [5.41, 5.74) is 16.7. The van der Waals surface area contributed by atoms with E-state index in [1.54, 1.807) is 0 Å². The summed E-state index contributed by atoms with van der Waals surface area (Å²) < 4.78 is 2.45. The quantitative estimate of drug-likeness (QED) is 0.161. The van der Waals surface area contributed by atoms with Crippen LogP contribution < -0.4 is 0 Å². The van der Waals surface area contributed by atoms with Crippen LogP contribution in [0.3, 0.4) is 0 Å². The Morgan fingerprint density at radius 2 is 0.723 bits per heavy atom. The van der Waals surface area contributed by atoms with E-state index in [0.717, 1.165) is 72.6 Å². The SMILES string of the molecule is N#Cc1ccc(-c2cc(-c3cc(-c4ccccc4)nc(-c4ccccc4)c3)cc(-n3c4cc(-c5ccc6ccccc6c5)ccc4c4ccc(-c5ccc6ccccc6c5)cc43)c2)cc1. The lowest BCUT2D eigenvalue weighted by Gasteiger charge is -2.16. The minimum absolute atomic E-state index is 0.629. The van der Waals surface area contributed by atoms with Crippen LogP contribution in [0.2, 0.25) is 0 Å². The van der Waals surface area contributed by atoms with Gasteiger partial charge in [-0.3, -0.25) is 0 Å². The largest absolute Gasteiger partial charge is 0.309 e. The second-order valence-electron chi connectivity index (χ2n) is 16.7. The molecule has 0 N–H and O–H groups in total. The van der Waals surface area contributed by atoms with Gasteiger partial charge in [0.2, 0.25) is 0 Å². The molecule has 12 rings (SSSR count). The standard InChI is InChI=1S/C62H39N3/c63-40-41-19-21-44(22-20-41)53-33-54(55-36-59(45-13-3-1-4-14-45)64-60(37-55)46-15-5-2-6-16-46)35-56(34-53)65-61-38-51(49-25-23-42-11-7-9-17-47(42)31-49)27-29-57(61)58-30-28-52(39-62(58)65)50-26-24-43-12-8-10-18-48(43)32-50/h1-39H. The number of hydrogen-bond acceptors (Lipinski definition) is 2. The third kappa shape index (κ3) is 7.01. The van der Waals surface area contributed by atoms with Gasteiger partial charge in [0.05, 0.1) is 34.1 Å². The average Bonchev–Trinajstić information content (AvgIpc) is 3.71. The highest BCUT2D eigenvalue weighted by molar-refractivity contribution is 6.11. The van der Waals surface area contributed by atoms with E-state index in [2.05, 4.69) is 223 Å². The van der Waals surface area contributed by atoms with Gasteiger partial charge in [-0.1, -0.05) is 170 Å². The fourth-order valence-electron chi connectivity index (χ4n) is 9.42. The molecule has 0 bridgehead atoms. The molecule has 0 unspecified atom stereocenters. The van der Waals surface area contributed by atoms with Gasteiger partial charge < -0.3 is 4.57 Å². The highest BCUT2D eigenvalue weighted by Gasteiger charge is 2.18. The number of nitriles is 1. The second kappa shape index (κ2) is 15.8. The Kier molecular flexibility index (Phi) is 9.22. The van der Waals surface area contributed by atoms with Crippen LogP contribution in [0.5, 0.6) is 0 Å². The third-order valence-electron chi connectivity index (χ3n) is 12.8. The van der Waals surface area contributed by atoms with Gasteiger partial charge in [-0.05, 0) is 133 Å². The summed E-state index contributed by atoms with van der Waals surface area (Å²) in [7, 11) is 0. The summed E-state index contributed by atoms with van der Waals surface area (Å²) in [6.45, 7) is 0. The van der Waals surface area contributed by atoms with Crippen molar-refractivity contribution in [2.24, 2.45) is 0 Å². The van der Waals surface area contributed by atoms with Gasteiger partial charge in [0, 0.05) is 27.6 Å². The van der Waals surface area contributed by atoms with Crippen LogP contribution in [0.15, 0.2) is 237 Å². The van der Waals surface area contributed by atoms with Crippen molar-refractivity contribution < 1.29 is 0 Å². The van der Waals surface area contributed by atoms with Gasteiger partial charge in [-0.25, -0.2) is 4.98 Å². The monoisotopic (exact) mass is 825 g/mol. The van der Waals surface area contributed by atoms with Crippen LogP contribution in [-0.4, -0.2) is 9.55 Å². The summed E-state index contributed by atoms with van der Waals surface area (Å²) in [5, 5.41) is 17.0. The van der Waals surface area contributed by atoms with E-state index >= 15 is 0 Å². The molecule has 65 heavy (non-hydrogen) atoms. The van der Waals surface area contributed by atoms with E-state index in [4.69, 9.17) is 4.98 Å². The smallest absolute Gasteiger partial charge is 0.0991 e. The zero-order valence-electron chi connectivity index (χ0n) is 35.4. The van der Waals surface area contributed by atoms with Crippen LogP contribution in [0.4, 0.5) is 0 Å². The van der Waals surface area contributed by atoms with Crippen LogP contribution in [0.1, 0.15) is 5.56 Å². The molecule has 0 spiro atoms. The lowest BCUT2D eigenvalue weighted by atomic mass is 9.95. The van der Waals surface area contributed by atoms with E-state index in [0.29, 0.717) is 5.56 Å². The zero-order valence-corrected chi connectivity index (χ0v) is 35.4. The summed E-state index contributed by atoms with van der Waals surface area (Å²) in [6.07, 6.45) is 0. The van der Waals surface area contributed by atoms with Gasteiger partial charge in [0.15, 0.2) is 0 Å². The van der Waals surface area contributed by atoms with Gasteiger partial charge in [-0.2, -0.15) is 5.26 Å². The Bertz CT molecular complexity index is 3630. The van der Waals surface area contributed by atoms with E-state index in [9.17, 15) is 5.26 Å². The van der Waals surface area contributed by atoms with Crippen molar-refractivity contribution in [1.82, 2.24) is 9.55 Å². The minimum atomic E-state index is 0.629. The van der Waals surface area contributed by atoms with Crippen molar-refractivity contribution in [2.75, 3.05) is 0 Å². The van der Waals surface area contributed by atoms with E-state index in [1.165, 1.54) is 43.4 Å². The first kappa shape index (κ1) is 37.9. The predicted octanol–water partition coefficient (Wildman–Crippen LogP) is 16.4. The van der Waals surface area contributed by atoms with Gasteiger partial charge in [-0.15, -0.1) is 0 Å². The molecule has 0 aliphatic heterocycles. The summed E-state index contributed by atoms with van der Waals surface area (Å²) >= 11 is 0. The molecule has 2 aromatic heterocycles. The maximum Gasteiger partial charge on any atom is 0.0991 e. The number of nitrogens with zero attached hydrogens (tertiary/aromatic N) is 3. The van der Waals surface area contributed by atoms with Crippen LogP contribution in [-0.2, 0) is 0 Å².